The number of imide groups is 1. The molecule has 0 spiro atoms. The van der Waals surface area contributed by atoms with Crippen molar-refractivity contribution in [1.82, 2.24) is 9.66 Å². The molecule has 0 unspecified atom stereocenters. The molecule has 0 aliphatic heterocycles. The number of rotatable bonds is 29. The van der Waals surface area contributed by atoms with Crippen LogP contribution in [0.1, 0.15) is 194 Å². The lowest BCUT2D eigenvalue weighted by Gasteiger charge is -2.24. The smallest absolute Gasteiger partial charge is 0.248 e. The number of unbranched alkanes of at least 4 members (excludes halogenated alkanes) is 24. The average Bonchev–Trinajstić information content (AvgIpc) is 3.06. The van der Waals surface area contributed by atoms with E-state index >= 15 is 0 Å². The molecule has 46 heavy (non-hydrogen) atoms. The Morgan fingerprint density at radius 3 is 1.33 bits per heavy atom. The zero-order valence-corrected chi connectivity index (χ0v) is 30.6. The van der Waals surface area contributed by atoms with Crippen LogP contribution < -0.4 is 5.01 Å². The van der Waals surface area contributed by atoms with Crippen LogP contribution in [-0.2, 0) is 9.59 Å². The topological polar surface area (TPSA) is 55.2 Å². The summed E-state index contributed by atoms with van der Waals surface area (Å²) in [6.45, 7) is 4.54. The van der Waals surface area contributed by atoms with Gasteiger partial charge in [-0.05, 0) is 37.1 Å². The van der Waals surface area contributed by atoms with Crippen LogP contribution in [0.3, 0.4) is 0 Å². The predicted octanol–water partition coefficient (Wildman–Crippen LogP) is 12.7. The number of aromatic nitrogens is 2. The van der Waals surface area contributed by atoms with Crippen molar-refractivity contribution in [2.45, 2.75) is 194 Å². The van der Waals surface area contributed by atoms with Gasteiger partial charge >= 0.3 is 0 Å². The number of pyridine rings is 2. The fraction of sp³-hybridized carbons (Fsp3) is 0.750. The van der Waals surface area contributed by atoms with Crippen LogP contribution in [0.15, 0.2) is 30.5 Å². The van der Waals surface area contributed by atoms with E-state index < -0.39 is 0 Å². The van der Waals surface area contributed by atoms with Gasteiger partial charge in [-0.15, -0.1) is 0 Å². The molecule has 0 saturated heterocycles. The van der Waals surface area contributed by atoms with E-state index in [1.807, 2.05) is 18.2 Å². The second kappa shape index (κ2) is 26.9. The van der Waals surface area contributed by atoms with Gasteiger partial charge in [0, 0.05) is 24.4 Å². The first kappa shape index (κ1) is 40.1. The van der Waals surface area contributed by atoms with Gasteiger partial charge in [-0.3, -0.25) is 9.59 Å². The maximum atomic E-state index is 13.6. The van der Waals surface area contributed by atoms with Crippen molar-refractivity contribution in [2.24, 2.45) is 0 Å². The minimum atomic E-state index is -0.169. The lowest BCUT2D eigenvalue weighted by Crippen LogP contribution is -2.46. The highest BCUT2D eigenvalue weighted by Crippen LogP contribution is 2.18. The Hall–Kier alpha value is -2.08. The molecule has 260 valence electrons. The molecule has 0 aliphatic rings. The van der Waals surface area contributed by atoms with Gasteiger partial charge in [-0.25, -0.2) is 9.66 Å². The standard InChI is InChI=1S/C40H67N3O2S/c1-3-5-7-9-11-13-15-17-19-21-23-25-27-31-37(44)42(43-39(46)34-33-36-30-29-35-41-40(36)43)38(45)32-28-26-24-22-20-18-16-14-12-10-8-6-4-2/h29-30,33-35H,3-28,31-32H2,1-2H3. The zero-order valence-electron chi connectivity index (χ0n) is 29.8. The van der Waals surface area contributed by atoms with Gasteiger partial charge < -0.3 is 0 Å². The lowest BCUT2D eigenvalue weighted by molar-refractivity contribution is -0.129. The summed E-state index contributed by atoms with van der Waals surface area (Å²) in [6, 6.07) is 7.52. The first-order valence-electron chi connectivity index (χ1n) is 19.4. The highest BCUT2D eigenvalue weighted by atomic mass is 32.1. The van der Waals surface area contributed by atoms with E-state index in [2.05, 4.69) is 18.8 Å². The molecule has 2 amide bonds. The fourth-order valence-electron chi connectivity index (χ4n) is 6.41. The molecule has 0 aliphatic carbocycles. The number of amides is 2. The van der Waals surface area contributed by atoms with Gasteiger partial charge in [-0.2, -0.15) is 5.01 Å². The van der Waals surface area contributed by atoms with Crippen LogP contribution in [0.25, 0.3) is 11.0 Å². The van der Waals surface area contributed by atoms with Crippen LogP contribution in [0.4, 0.5) is 0 Å². The Balaban J connectivity index is 1.76. The lowest BCUT2D eigenvalue weighted by atomic mass is 10.0. The molecule has 0 fully saturated rings. The van der Waals surface area contributed by atoms with E-state index in [-0.39, 0.29) is 11.8 Å². The van der Waals surface area contributed by atoms with Gasteiger partial charge in [-0.1, -0.05) is 180 Å². The van der Waals surface area contributed by atoms with Gasteiger partial charge in [0.05, 0.1) is 0 Å². The minimum Gasteiger partial charge on any atom is -0.273 e. The summed E-state index contributed by atoms with van der Waals surface area (Å²) in [4.78, 5) is 31.8. The third-order valence-corrected chi connectivity index (χ3v) is 9.60. The molecule has 0 radical (unpaired) electrons. The summed E-state index contributed by atoms with van der Waals surface area (Å²) in [6.07, 6.45) is 35.1. The molecule has 0 atom stereocenters. The van der Waals surface area contributed by atoms with Crippen LogP contribution in [0.5, 0.6) is 0 Å². The van der Waals surface area contributed by atoms with Gasteiger partial charge in [0.15, 0.2) is 5.65 Å². The summed E-state index contributed by atoms with van der Waals surface area (Å²) in [5.41, 5.74) is 0.562. The van der Waals surface area contributed by atoms with Gasteiger partial charge in [0.25, 0.3) is 0 Å². The van der Waals surface area contributed by atoms with Crippen LogP contribution >= 0.6 is 12.2 Å². The maximum absolute atomic E-state index is 13.6. The van der Waals surface area contributed by atoms with E-state index in [9.17, 15) is 9.59 Å². The SMILES string of the molecule is CCCCCCCCCCCCCCCC(=O)N(C(=O)CCCCCCCCCCCCCCC)n1c(=S)ccc2cccnc21. The van der Waals surface area contributed by atoms with Gasteiger partial charge in [0.2, 0.25) is 11.8 Å². The van der Waals surface area contributed by atoms with Crippen molar-refractivity contribution in [3.63, 3.8) is 0 Å². The molecule has 2 aromatic rings. The van der Waals surface area contributed by atoms with E-state index in [0.717, 1.165) is 43.9 Å². The Morgan fingerprint density at radius 1 is 0.565 bits per heavy atom. The summed E-state index contributed by atoms with van der Waals surface area (Å²) < 4.78 is 2.02. The molecule has 2 aromatic heterocycles. The molecule has 2 heterocycles. The third kappa shape index (κ3) is 17.2. The van der Waals surface area contributed by atoms with Crippen molar-refractivity contribution in [3.8, 4) is 0 Å². The molecule has 0 bridgehead atoms. The molecular weight excluding hydrogens is 587 g/mol. The molecule has 5 nitrogen and oxygen atoms in total. The molecule has 0 saturated carbocycles. The number of fused-ring (bicyclic) bond motifs is 1. The van der Waals surface area contributed by atoms with Crippen molar-refractivity contribution in [2.75, 3.05) is 5.01 Å². The third-order valence-electron chi connectivity index (χ3n) is 9.29. The quantitative estimate of drug-likeness (QED) is 0.0647. The Kier molecular flexibility index (Phi) is 23.5. The zero-order chi connectivity index (χ0) is 33.1. The largest absolute Gasteiger partial charge is 0.273 e. The van der Waals surface area contributed by atoms with Crippen molar-refractivity contribution in [1.29, 1.82) is 0 Å². The summed E-state index contributed by atoms with van der Waals surface area (Å²) in [7, 11) is 0. The molecule has 0 aromatic carbocycles. The number of hydrogen-bond acceptors (Lipinski definition) is 4. The minimum absolute atomic E-state index is 0.169. The van der Waals surface area contributed by atoms with Crippen LogP contribution in [-0.4, -0.2) is 21.5 Å². The monoisotopic (exact) mass is 653 g/mol. The highest BCUT2D eigenvalue weighted by molar-refractivity contribution is 7.71. The van der Waals surface area contributed by atoms with Crippen molar-refractivity contribution < 1.29 is 9.59 Å². The van der Waals surface area contributed by atoms with Gasteiger partial charge in [0.1, 0.15) is 4.64 Å². The first-order chi connectivity index (χ1) is 22.6. The van der Waals surface area contributed by atoms with Crippen LogP contribution in [0.2, 0.25) is 0 Å². The van der Waals surface area contributed by atoms with E-state index in [1.165, 1.54) is 133 Å². The normalized spacial score (nSPS) is 11.3. The fourth-order valence-corrected chi connectivity index (χ4v) is 6.64. The number of hydrogen-bond donors (Lipinski definition) is 0. The van der Waals surface area contributed by atoms with Crippen molar-refractivity contribution in [3.05, 3.63) is 35.1 Å². The summed E-state index contributed by atoms with van der Waals surface area (Å²) in [5.74, 6) is -0.339. The average molecular weight is 654 g/mol. The van der Waals surface area contributed by atoms with E-state index in [4.69, 9.17) is 12.2 Å². The Labute approximate surface area is 287 Å². The second-order valence-electron chi connectivity index (χ2n) is 13.5. The summed E-state index contributed by atoms with van der Waals surface area (Å²) in [5, 5.41) is 2.18. The maximum Gasteiger partial charge on any atom is 0.248 e. The second-order valence-corrected chi connectivity index (χ2v) is 13.9. The first-order valence-corrected chi connectivity index (χ1v) is 19.8. The molecule has 0 N–H and O–H groups in total. The number of carbonyl (C=O) groups is 2. The van der Waals surface area contributed by atoms with Crippen LogP contribution in [0, 0.1) is 4.64 Å². The summed E-state index contributed by atoms with van der Waals surface area (Å²) >= 11 is 5.65. The number of nitrogens with zero attached hydrogens (tertiary/aromatic N) is 3. The number of carbonyl (C=O) groups excluding carboxylic acids is 2. The molecule has 6 heteroatoms. The Bertz CT molecular complexity index is 1090. The van der Waals surface area contributed by atoms with E-state index in [0.29, 0.717) is 23.1 Å². The van der Waals surface area contributed by atoms with E-state index in [1.54, 1.807) is 16.9 Å². The van der Waals surface area contributed by atoms with Crippen molar-refractivity contribution >= 4 is 35.1 Å². The highest BCUT2D eigenvalue weighted by Gasteiger charge is 2.25. The molecule has 2 rings (SSSR count). The Morgan fingerprint density at radius 2 is 0.935 bits per heavy atom. The molecular formula is C40H67N3O2S. The predicted molar refractivity (Wildman–Crippen MR) is 199 cm³/mol.